The zero-order valence-electron chi connectivity index (χ0n) is 10.6. The highest BCUT2D eigenvalue weighted by Gasteiger charge is 2.16. The molecule has 0 spiro atoms. The van der Waals surface area contributed by atoms with Crippen molar-refractivity contribution < 1.29 is 4.39 Å². The second-order valence-electron chi connectivity index (χ2n) is 4.26. The fourth-order valence-electron chi connectivity index (χ4n) is 1.83. The largest absolute Gasteiger partial charge is 0.207 e. The van der Waals surface area contributed by atoms with Crippen LogP contribution in [-0.4, -0.2) is 6.26 Å². The molecule has 0 fully saturated rings. The first kappa shape index (κ1) is 14.7. The van der Waals surface area contributed by atoms with Gasteiger partial charge in [-0.05, 0) is 54.1 Å². The monoisotopic (exact) mass is 314 g/mol. The summed E-state index contributed by atoms with van der Waals surface area (Å²) >= 11 is 14.2. The quantitative estimate of drug-likeness (QED) is 0.506. The van der Waals surface area contributed by atoms with Gasteiger partial charge in [0.15, 0.2) is 0 Å². The number of thioether (sulfide) groups is 1. The summed E-state index contributed by atoms with van der Waals surface area (Å²) < 4.78 is 13.4. The van der Waals surface area contributed by atoms with E-state index in [9.17, 15) is 4.39 Å². The summed E-state index contributed by atoms with van der Waals surface area (Å²) in [6.45, 7) is 1.70. The third-order valence-electron chi connectivity index (χ3n) is 2.96. The Hall–Kier alpha value is -0.700. The van der Waals surface area contributed by atoms with E-state index in [0.29, 0.717) is 10.6 Å². The van der Waals surface area contributed by atoms with E-state index < -0.39 is 0 Å². The average Bonchev–Trinajstić information content (AvgIpc) is 2.42. The van der Waals surface area contributed by atoms with Crippen molar-refractivity contribution in [3.63, 3.8) is 0 Å². The number of hydrogen-bond acceptors (Lipinski definition) is 1. The SMILES string of the molecule is CSc1ccc(C(Cl)c2cc(C)c(F)cc2Cl)cc1. The minimum atomic E-state index is -0.372. The summed E-state index contributed by atoms with van der Waals surface area (Å²) in [7, 11) is 0. The zero-order valence-corrected chi connectivity index (χ0v) is 12.9. The lowest BCUT2D eigenvalue weighted by Crippen LogP contribution is -1.97. The maximum absolute atomic E-state index is 13.4. The summed E-state index contributed by atoms with van der Waals surface area (Å²) in [5, 5.41) is -0.0141. The van der Waals surface area contributed by atoms with Crippen LogP contribution in [0.1, 0.15) is 22.1 Å². The van der Waals surface area contributed by atoms with E-state index in [1.165, 1.54) is 11.0 Å². The number of halogens is 3. The second kappa shape index (κ2) is 6.17. The van der Waals surface area contributed by atoms with Gasteiger partial charge in [0, 0.05) is 9.92 Å². The molecule has 0 nitrogen and oxygen atoms in total. The van der Waals surface area contributed by atoms with E-state index in [1.807, 2.05) is 30.5 Å². The topological polar surface area (TPSA) is 0 Å². The molecule has 2 aromatic rings. The molecular formula is C15H13Cl2FS. The fourth-order valence-corrected chi connectivity index (χ4v) is 2.88. The van der Waals surface area contributed by atoms with Gasteiger partial charge in [-0.15, -0.1) is 23.4 Å². The third-order valence-corrected chi connectivity index (χ3v) is 4.52. The Morgan fingerprint density at radius 1 is 1.16 bits per heavy atom. The van der Waals surface area contributed by atoms with Gasteiger partial charge in [-0.2, -0.15) is 0 Å². The number of alkyl halides is 1. The predicted octanol–water partition coefficient (Wildman–Crippen LogP) is 5.84. The smallest absolute Gasteiger partial charge is 0.127 e. The molecule has 1 atom stereocenters. The van der Waals surface area contributed by atoms with E-state index in [1.54, 1.807) is 24.8 Å². The summed E-state index contributed by atoms with van der Waals surface area (Å²) in [5.41, 5.74) is 2.23. The van der Waals surface area contributed by atoms with Crippen molar-refractivity contribution in [2.75, 3.05) is 6.26 Å². The van der Waals surface area contributed by atoms with E-state index in [-0.39, 0.29) is 11.2 Å². The van der Waals surface area contributed by atoms with Crippen molar-refractivity contribution >= 4 is 35.0 Å². The van der Waals surface area contributed by atoms with Gasteiger partial charge < -0.3 is 0 Å². The van der Waals surface area contributed by atoms with Crippen molar-refractivity contribution in [3.8, 4) is 0 Å². The molecule has 2 rings (SSSR count). The molecule has 0 aliphatic rings. The van der Waals surface area contributed by atoms with Gasteiger partial charge in [0.05, 0.1) is 5.38 Å². The summed E-state index contributed by atoms with van der Waals surface area (Å²) in [5.74, 6) is -0.310. The average molecular weight is 315 g/mol. The van der Waals surface area contributed by atoms with Crippen LogP contribution in [0.3, 0.4) is 0 Å². The molecule has 0 saturated heterocycles. The number of aryl methyl sites for hydroxylation is 1. The first-order valence-corrected chi connectivity index (χ1v) is 7.80. The Balaban J connectivity index is 2.37. The Kier molecular flexibility index (Phi) is 4.77. The van der Waals surface area contributed by atoms with Gasteiger partial charge in [0.25, 0.3) is 0 Å². The minimum absolute atomic E-state index is 0.310. The van der Waals surface area contributed by atoms with Crippen LogP contribution in [0.5, 0.6) is 0 Å². The molecule has 1 unspecified atom stereocenters. The van der Waals surface area contributed by atoms with Crippen LogP contribution in [-0.2, 0) is 0 Å². The fraction of sp³-hybridized carbons (Fsp3) is 0.200. The van der Waals surface area contributed by atoms with Crippen LogP contribution < -0.4 is 0 Å². The van der Waals surface area contributed by atoms with Crippen molar-refractivity contribution in [1.29, 1.82) is 0 Å². The van der Waals surface area contributed by atoms with Crippen LogP contribution in [0.4, 0.5) is 4.39 Å². The number of benzene rings is 2. The van der Waals surface area contributed by atoms with Gasteiger partial charge >= 0.3 is 0 Å². The predicted molar refractivity (Wildman–Crippen MR) is 82.1 cm³/mol. The Morgan fingerprint density at radius 3 is 2.37 bits per heavy atom. The van der Waals surface area contributed by atoms with Gasteiger partial charge in [-0.3, -0.25) is 0 Å². The lowest BCUT2D eigenvalue weighted by Gasteiger charge is -2.14. The summed E-state index contributed by atoms with van der Waals surface area (Å²) in [6, 6.07) is 11.0. The molecule has 0 saturated carbocycles. The number of hydrogen-bond donors (Lipinski definition) is 0. The van der Waals surface area contributed by atoms with E-state index in [2.05, 4.69) is 0 Å². The van der Waals surface area contributed by atoms with Crippen molar-refractivity contribution in [1.82, 2.24) is 0 Å². The molecule has 2 aromatic carbocycles. The van der Waals surface area contributed by atoms with E-state index >= 15 is 0 Å². The van der Waals surface area contributed by atoms with Crippen LogP contribution in [0.15, 0.2) is 41.3 Å². The van der Waals surface area contributed by atoms with Gasteiger partial charge in [0.2, 0.25) is 0 Å². The second-order valence-corrected chi connectivity index (χ2v) is 5.98. The first-order valence-electron chi connectivity index (χ1n) is 5.76. The molecule has 0 heterocycles. The van der Waals surface area contributed by atoms with Crippen LogP contribution in [0.25, 0.3) is 0 Å². The molecule has 0 bridgehead atoms. The van der Waals surface area contributed by atoms with Crippen LogP contribution >= 0.6 is 35.0 Å². The molecule has 0 radical (unpaired) electrons. The standard InChI is InChI=1S/C15H13Cl2FS/c1-9-7-12(13(16)8-14(9)18)15(17)10-3-5-11(19-2)6-4-10/h3-8,15H,1-2H3. The maximum atomic E-state index is 13.4. The molecule has 0 aliphatic heterocycles. The van der Waals surface area contributed by atoms with Gasteiger partial charge in [-0.25, -0.2) is 4.39 Å². The highest BCUT2D eigenvalue weighted by molar-refractivity contribution is 7.98. The first-order chi connectivity index (χ1) is 9.02. The van der Waals surface area contributed by atoms with Crippen molar-refractivity contribution in [2.45, 2.75) is 17.2 Å². The van der Waals surface area contributed by atoms with Crippen molar-refractivity contribution in [2.24, 2.45) is 0 Å². The third kappa shape index (κ3) is 3.25. The molecule has 0 aromatic heterocycles. The van der Waals surface area contributed by atoms with Gasteiger partial charge in [0.1, 0.15) is 5.82 Å². The lowest BCUT2D eigenvalue weighted by atomic mass is 10.0. The van der Waals surface area contributed by atoms with Crippen LogP contribution in [0.2, 0.25) is 5.02 Å². The molecule has 0 aliphatic carbocycles. The van der Waals surface area contributed by atoms with Crippen LogP contribution in [0, 0.1) is 12.7 Å². The normalized spacial score (nSPS) is 12.5. The zero-order chi connectivity index (χ0) is 14.0. The minimum Gasteiger partial charge on any atom is -0.207 e. The highest BCUT2D eigenvalue weighted by atomic mass is 35.5. The Labute approximate surface area is 126 Å². The Bertz CT molecular complexity index is 581. The molecule has 100 valence electrons. The molecule has 0 N–H and O–H groups in total. The number of rotatable bonds is 3. The molecule has 19 heavy (non-hydrogen) atoms. The van der Waals surface area contributed by atoms with E-state index in [0.717, 1.165) is 11.1 Å². The van der Waals surface area contributed by atoms with E-state index in [4.69, 9.17) is 23.2 Å². The lowest BCUT2D eigenvalue weighted by molar-refractivity contribution is 0.618. The van der Waals surface area contributed by atoms with Crippen molar-refractivity contribution in [3.05, 3.63) is 63.9 Å². The Morgan fingerprint density at radius 2 is 1.79 bits per heavy atom. The summed E-state index contributed by atoms with van der Waals surface area (Å²) in [4.78, 5) is 1.18. The molecule has 0 amide bonds. The highest BCUT2D eigenvalue weighted by Crippen LogP contribution is 2.35. The molecule has 4 heteroatoms. The van der Waals surface area contributed by atoms with Gasteiger partial charge in [-0.1, -0.05) is 23.7 Å². The molecular weight excluding hydrogens is 302 g/mol. The maximum Gasteiger partial charge on any atom is 0.127 e. The summed E-state index contributed by atoms with van der Waals surface area (Å²) in [6.07, 6.45) is 2.02.